The third-order valence-electron chi connectivity index (χ3n) is 3.34. The average molecular weight is 239 g/mol. The molecule has 0 spiro atoms. The van der Waals surface area contributed by atoms with Crippen LogP contribution in [0.2, 0.25) is 0 Å². The molecular formula is C16H17NO. The van der Waals surface area contributed by atoms with Gasteiger partial charge in [0.05, 0.1) is 19.3 Å². The lowest BCUT2D eigenvalue weighted by Gasteiger charge is -2.26. The van der Waals surface area contributed by atoms with Crippen molar-refractivity contribution >= 4 is 0 Å². The summed E-state index contributed by atoms with van der Waals surface area (Å²) in [6, 6.07) is 19.4. The van der Waals surface area contributed by atoms with Crippen LogP contribution in [-0.4, -0.2) is 19.8 Å². The molecule has 2 nitrogen and oxygen atoms in total. The summed E-state index contributed by atoms with van der Waals surface area (Å²) in [5.74, 6) is 0. The highest BCUT2D eigenvalue weighted by molar-refractivity contribution is 5.67. The zero-order chi connectivity index (χ0) is 12.2. The van der Waals surface area contributed by atoms with Gasteiger partial charge in [-0.3, -0.25) is 0 Å². The maximum atomic E-state index is 5.56. The van der Waals surface area contributed by atoms with Crippen LogP contribution in [0, 0.1) is 0 Å². The van der Waals surface area contributed by atoms with Crippen LogP contribution in [-0.2, 0) is 4.74 Å². The summed E-state index contributed by atoms with van der Waals surface area (Å²) < 4.78 is 5.56. The van der Waals surface area contributed by atoms with Gasteiger partial charge in [0.15, 0.2) is 0 Å². The van der Waals surface area contributed by atoms with E-state index in [1.807, 2.05) is 6.07 Å². The first-order valence-electron chi connectivity index (χ1n) is 6.40. The summed E-state index contributed by atoms with van der Waals surface area (Å²) in [6.07, 6.45) is 0. The minimum Gasteiger partial charge on any atom is -0.378 e. The third kappa shape index (κ3) is 2.30. The van der Waals surface area contributed by atoms with Crippen molar-refractivity contribution in [3.63, 3.8) is 0 Å². The first-order valence-corrected chi connectivity index (χ1v) is 6.40. The Morgan fingerprint density at radius 1 is 0.944 bits per heavy atom. The van der Waals surface area contributed by atoms with Gasteiger partial charge in [0, 0.05) is 6.54 Å². The van der Waals surface area contributed by atoms with Crippen LogP contribution in [0.1, 0.15) is 11.6 Å². The first kappa shape index (κ1) is 11.5. The van der Waals surface area contributed by atoms with Gasteiger partial charge in [0.2, 0.25) is 0 Å². The number of hydrogen-bond acceptors (Lipinski definition) is 2. The van der Waals surface area contributed by atoms with Crippen molar-refractivity contribution in [3.8, 4) is 11.1 Å². The monoisotopic (exact) mass is 239 g/mol. The van der Waals surface area contributed by atoms with E-state index in [9.17, 15) is 0 Å². The number of benzene rings is 2. The molecule has 92 valence electrons. The molecular weight excluding hydrogens is 222 g/mol. The van der Waals surface area contributed by atoms with Crippen LogP contribution < -0.4 is 5.32 Å². The second kappa shape index (κ2) is 5.34. The number of morpholine rings is 1. The molecule has 1 atom stereocenters. The fraction of sp³-hybridized carbons (Fsp3) is 0.250. The third-order valence-corrected chi connectivity index (χ3v) is 3.34. The molecule has 0 amide bonds. The Morgan fingerprint density at radius 3 is 2.50 bits per heavy atom. The molecule has 1 heterocycles. The lowest BCUT2D eigenvalue weighted by atomic mass is 9.95. The average Bonchev–Trinajstić information content (AvgIpc) is 2.49. The lowest BCUT2D eigenvalue weighted by Crippen LogP contribution is -2.34. The molecule has 0 aliphatic carbocycles. The Balaban J connectivity index is 1.99. The highest BCUT2D eigenvalue weighted by atomic mass is 16.5. The lowest BCUT2D eigenvalue weighted by molar-refractivity contribution is 0.0770. The van der Waals surface area contributed by atoms with Gasteiger partial charge in [0.25, 0.3) is 0 Å². The molecule has 1 unspecified atom stereocenters. The van der Waals surface area contributed by atoms with E-state index in [1.54, 1.807) is 0 Å². The molecule has 0 aromatic heterocycles. The Kier molecular flexibility index (Phi) is 3.40. The van der Waals surface area contributed by atoms with Gasteiger partial charge >= 0.3 is 0 Å². The Hall–Kier alpha value is -1.64. The predicted molar refractivity (Wildman–Crippen MR) is 73.4 cm³/mol. The zero-order valence-corrected chi connectivity index (χ0v) is 10.3. The molecule has 1 saturated heterocycles. The van der Waals surface area contributed by atoms with E-state index in [4.69, 9.17) is 4.74 Å². The second-order valence-corrected chi connectivity index (χ2v) is 4.53. The zero-order valence-electron chi connectivity index (χ0n) is 10.3. The summed E-state index contributed by atoms with van der Waals surface area (Å²) in [5, 5.41) is 3.52. The smallest absolute Gasteiger partial charge is 0.0662 e. The van der Waals surface area contributed by atoms with Crippen molar-refractivity contribution in [2.24, 2.45) is 0 Å². The quantitative estimate of drug-likeness (QED) is 0.869. The van der Waals surface area contributed by atoms with E-state index in [0.29, 0.717) is 6.04 Å². The number of nitrogens with one attached hydrogen (secondary N) is 1. The van der Waals surface area contributed by atoms with Crippen LogP contribution in [0.25, 0.3) is 11.1 Å². The highest BCUT2D eigenvalue weighted by Crippen LogP contribution is 2.28. The van der Waals surface area contributed by atoms with Gasteiger partial charge in [-0.15, -0.1) is 0 Å². The topological polar surface area (TPSA) is 21.3 Å². The Labute approximate surface area is 108 Å². The predicted octanol–water partition coefficient (Wildman–Crippen LogP) is 3.01. The standard InChI is InChI=1S/C16H17NO/c1-2-6-13(7-3-1)14-8-4-5-9-15(14)16-12-18-11-10-17-16/h1-9,16-17H,10-12H2. The summed E-state index contributed by atoms with van der Waals surface area (Å²) in [5.41, 5.74) is 3.88. The van der Waals surface area contributed by atoms with Gasteiger partial charge in [0.1, 0.15) is 0 Å². The number of hydrogen-bond donors (Lipinski definition) is 1. The van der Waals surface area contributed by atoms with Gasteiger partial charge in [-0.25, -0.2) is 0 Å². The van der Waals surface area contributed by atoms with Crippen LogP contribution in [0.15, 0.2) is 54.6 Å². The molecule has 1 N–H and O–H groups in total. The molecule has 0 bridgehead atoms. The summed E-state index contributed by atoms with van der Waals surface area (Å²) in [6.45, 7) is 2.49. The summed E-state index contributed by atoms with van der Waals surface area (Å²) >= 11 is 0. The van der Waals surface area contributed by atoms with Crippen LogP contribution in [0.3, 0.4) is 0 Å². The van der Waals surface area contributed by atoms with Crippen molar-refractivity contribution < 1.29 is 4.74 Å². The van der Waals surface area contributed by atoms with E-state index in [1.165, 1.54) is 16.7 Å². The molecule has 3 rings (SSSR count). The van der Waals surface area contributed by atoms with E-state index in [2.05, 4.69) is 53.8 Å². The van der Waals surface area contributed by atoms with Crippen LogP contribution >= 0.6 is 0 Å². The minimum absolute atomic E-state index is 0.301. The minimum atomic E-state index is 0.301. The van der Waals surface area contributed by atoms with Crippen molar-refractivity contribution in [1.29, 1.82) is 0 Å². The van der Waals surface area contributed by atoms with E-state index in [-0.39, 0.29) is 0 Å². The van der Waals surface area contributed by atoms with Gasteiger partial charge in [-0.2, -0.15) is 0 Å². The maximum Gasteiger partial charge on any atom is 0.0662 e. The molecule has 1 fully saturated rings. The van der Waals surface area contributed by atoms with Crippen molar-refractivity contribution in [3.05, 3.63) is 60.2 Å². The first-order chi connectivity index (χ1) is 8.95. The van der Waals surface area contributed by atoms with Crippen LogP contribution in [0.5, 0.6) is 0 Å². The molecule has 0 saturated carbocycles. The molecule has 2 heteroatoms. The molecule has 1 aliphatic rings. The molecule has 18 heavy (non-hydrogen) atoms. The summed E-state index contributed by atoms with van der Waals surface area (Å²) in [7, 11) is 0. The SMILES string of the molecule is c1ccc(-c2ccccc2C2COCCN2)cc1. The van der Waals surface area contributed by atoms with E-state index >= 15 is 0 Å². The largest absolute Gasteiger partial charge is 0.378 e. The molecule has 2 aromatic carbocycles. The Morgan fingerprint density at radius 2 is 1.72 bits per heavy atom. The van der Waals surface area contributed by atoms with Crippen molar-refractivity contribution in [2.45, 2.75) is 6.04 Å². The maximum absolute atomic E-state index is 5.56. The molecule has 1 aliphatic heterocycles. The fourth-order valence-corrected chi connectivity index (χ4v) is 2.45. The van der Waals surface area contributed by atoms with Gasteiger partial charge < -0.3 is 10.1 Å². The van der Waals surface area contributed by atoms with Gasteiger partial charge in [-0.05, 0) is 16.7 Å². The van der Waals surface area contributed by atoms with E-state index < -0.39 is 0 Å². The normalized spacial score (nSPS) is 19.7. The Bertz CT molecular complexity index is 504. The van der Waals surface area contributed by atoms with Crippen molar-refractivity contribution in [2.75, 3.05) is 19.8 Å². The molecule has 2 aromatic rings. The second-order valence-electron chi connectivity index (χ2n) is 4.53. The highest BCUT2D eigenvalue weighted by Gasteiger charge is 2.18. The molecule has 0 radical (unpaired) electrons. The number of ether oxygens (including phenoxy) is 1. The van der Waals surface area contributed by atoms with Crippen molar-refractivity contribution in [1.82, 2.24) is 5.32 Å². The van der Waals surface area contributed by atoms with E-state index in [0.717, 1.165) is 19.8 Å². The number of rotatable bonds is 2. The van der Waals surface area contributed by atoms with Gasteiger partial charge in [-0.1, -0.05) is 54.6 Å². The van der Waals surface area contributed by atoms with Crippen LogP contribution in [0.4, 0.5) is 0 Å². The fourth-order valence-electron chi connectivity index (χ4n) is 2.45. The summed E-state index contributed by atoms with van der Waals surface area (Å²) in [4.78, 5) is 0.